The summed E-state index contributed by atoms with van der Waals surface area (Å²) < 4.78 is 16.9. The number of hydrogen-bond donors (Lipinski definition) is 0. The Morgan fingerprint density at radius 1 is 1.12 bits per heavy atom. The Bertz CT molecular complexity index is 1110. The second-order valence-electron chi connectivity index (χ2n) is 8.56. The van der Waals surface area contributed by atoms with Crippen LogP contribution in [0.5, 0.6) is 5.75 Å². The summed E-state index contributed by atoms with van der Waals surface area (Å²) in [6.07, 6.45) is 2.25. The van der Waals surface area contributed by atoms with Crippen molar-refractivity contribution in [1.82, 2.24) is 19.9 Å². The Hall–Kier alpha value is -2.94. The topological polar surface area (TPSA) is 80.9 Å². The molecule has 5 rings (SSSR count). The highest BCUT2D eigenvalue weighted by molar-refractivity contribution is 6.30. The SMILES string of the molecule is O=C(c1cccc(OCC2CCCO2)c1)N1CCN(Cc2nc(-c3ccc(Cl)cc3)no2)CC1. The van der Waals surface area contributed by atoms with Crippen molar-refractivity contribution in [3.05, 3.63) is 65.0 Å². The first-order valence-corrected chi connectivity index (χ1v) is 12.0. The van der Waals surface area contributed by atoms with Crippen molar-refractivity contribution >= 4 is 17.5 Å². The molecule has 0 radical (unpaired) electrons. The molecule has 1 aromatic heterocycles. The average Bonchev–Trinajstić information content (AvgIpc) is 3.56. The number of benzene rings is 2. The van der Waals surface area contributed by atoms with Gasteiger partial charge in [0, 0.05) is 48.9 Å². The predicted octanol–water partition coefficient (Wildman–Crippen LogP) is 3.91. The quantitative estimate of drug-likeness (QED) is 0.505. The van der Waals surface area contributed by atoms with Gasteiger partial charge in [0.2, 0.25) is 11.7 Å². The highest BCUT2D eigenvalue weighted by Crippen LogP contribution is 2.21. The second kappa shape index (κ2) is 10.5. The van der Waals surface area contributed by atoms with Crippen LogP contribution in [0.1, 0.15) is 29.1 Å². The molecule has 34 heavy (non-hydrogen) atoms. The van der Waals surface area contributed by atoms with Crippen LogP contribution < -0.4 is 4.74 Å². The molecule has 8 nitrogen and oxygen atoms in total. The van der Waals surface area contributed by atoms with Crippen molar-refractivity contribution in [2.75, 3.05) is 39.4 Å². The van der Waals surface area contributed by atoms with Crippen LogP contribution in [0.3, 0.4) is 0 Å². The summed E-state index contributed by atoms with van der Waals surface area (Å²) in [5, 5.41) is 4.74. The molecule has 9 heteroatoms. The molecule has 2 saturated heterocycles. The number of rotatable bonds is 7. The lowest BCUT2D eigenvalue weighted by Gasteiger charge is -2.34. The van der Waals surface area contributed by atoms with Gasteiger partial charge in [-0.1, -0.05) is 22.8 Å². The molecule has 3 heterocycles. The Morgan fingerprint density at radius 3 is 2.71 bits per heavy atom. The van der Waals surface area contributed by atoms with E-state index in [1.54, 1.807) is 12.1 Å². The van der Waals surface area contributed by atoms with Crippen LogP contribution in [-0.2, 0) is 11.3 Å². The van der Waals surface area contributed by atoms with Gasteiger partial charge in [0.05, 0.1) is 12.6 Å². The molecule has 1 amide bonds. The maximum absolute atomic E-state index is 13.0. The smallest absolute Gasteiger partial charge is 0.254 e. The summed E-state index contributed by atoms with van der Waals surface area (Å²) in [5.41, 5.74) is 1.50. The molecule has 2 aliphatic rings. The lowest BCUT2D eigenvalue weighted by Crippen LogP contribution is -2.48. The fourth-order valence-corrected chi connectivity index (χ4v) is 4.33. The lowest BCUT2D eigenvalue weighted by molar-refractivity contribution is 0.0612. The van der Waals surface area contributed by atoms with Crippen LogP contribution in [0.4, 0.5) is 0 Å². The summed E-state index contributed by atoms with van der Waals surface area (Å²) in [4.78, 5) is 21.6. The van der Waals surface area contributed by atoms with Crippen molar-refractivity contribution in [1.29, 1.82) is 0 Å². The van der Waals surface area contributed by atoms with E-state index in [1.165, 1.54) is 0 Å². The number of hydrogen-bond acceptors (Lipinski definition) is 7. The maximum Gasteiger partial charge on any atom is 0.254 e. The summed E-state index contributed by atoms with van der Waals surface area (Å²) in [7, 11) is 0. The average molecular weight is 483 g/mol. The van der Waals surface area contributed by atoms with E-state index in [0.717, 1.165) is 38.1 Å². The van der Waals surface area contributed by atoms with E-state index in [4.69, 9.17) is 25.6 Å². The molecule has 0 bridgehead atoms. The number of aromatic nitrogens is 2. The third-order valence-electron chi connectivity index (χ3n) is 6.13. The third kappa shape index (κ3) is 5.58. The van der Waals surface area contributed by atoms with E-state index in [0.29, 0.717) is 54.3 Å². The molecular formula is C25H27ClN4O4. The zero-order chi connectivity index (χ0) is 23.3. The monoisotopic (exact) mass is 482 g/mol. The number of piperazine rings is 1. The second-order valence-corrected chi connectivity index (χ2v) is 9.00. The van der Waals surface area contributed by atoms with Crippen molar-refractivity contribution < 1.29 is 18.8 Å². The van der Waals surface area contributed by atoms with Gasteiger partial charge in [-0.05, 0) is 55.3 Å². The first-order chi connectivity index (χ1) is 16.6. The Morgan fingerprint density at radius 2 is 1.94 bits per heavy atom. The molecule has 2 fully saturated rings. The van der Waals surface area contributed by atoms with Crippen LogP contribution in [-0.4, -0.2) is 71.3 Å². The number of carbonyl (C=O) groups is 1. The highest BCUT2D eigenvalue weighted by Gasteiger charge is 2.24. The number of amides is 1. The molecule has 1 unspecified atom stereocenters. The zero-order valence-electron chi connectivity index (χ0n) is 18.9. The fourth-order valence-electron chi connectivity index (χ4n) is 4.20. The zero-order valence-corrected chi connectivity index (χ0v) is 19.6. The van der Waals surface area contributed by atoms with Crippen LogP contribution in [0, 0.1) is 0 Å². The summed E-state index contributed by atoms with van der Waals surface area (Å²) in [6, 6.07) is 14.7. The minimum atomic E-state index is 0.0185. The number of nitrogens with zero attached hydrogens (tertiary/aromatic N) is 4. The van der Waals surface area contributed by atoms with Crippen LogP contribution in [0.25, 0.3) is 11.4 Å². The molecule has 0 aliphatic carbocycles. The number of ether oxygens (including phenoxy) is 2. The van der Waals surface area contributed by atoms with Gasteiger partial charge in [0.15, 0.2) is 0 Å². The van der Waals surface area contributed by atoms with E-state index in [9.17, 15) is 4.79 Å². The van der Waals surface area contributed by atoms with E-state index in [1.807, 2.05) is 41.3 Å². The predicted molar refractivity (Wildman–Crippen MR) is 127 cm³/mol. The first-order valence-electron chi connectivity index (χ1n) is 11.6. The first kappa shape index (κ1) is 22.8. The van der Waals surface area contributed by atoms with Gasteiger partial charge in [-0.15, -0.1) is 0 Å². The van der Waals surface area contributed by atoms with Crippen molar-refractivity contribution in [3.63, 3.8) is 0 Å². The molecule has 178 valence electrons. The van der Waals surface area contributed by atoms with Crippen molar-refractivity contribution in [2.24, 2.45) is 0 Å². The van der Waals surface area contributed by atoms with Gasteiger partial charge in [-0.25, -0.2) is 0 Å². The van der Waals surface area contributed by atoms with Crippen LogP contribution in [0.2, 0.25) is 5.02 Å². The van der Waals surface area contributed by atoms with E-state index in [2.05, 4.69) is 15.0 Å². The molecule has 0 saturated carbocycles. The number of halogens is 1. The molecule has 0 N–H and O–H groups in total. The maximum atomic E-state index is 13.0. The van der Waals surface area contributed by atoms with Gasteiger partial charge in [-0.3, -0.25) is 9.69 Å². The van der Waals surface area contributed by atoms with Gasteiger partial charge < -0.3 is 18.9 Å². The van der Waals surface area contributed by atoms with Crippen molar-refractivity contribution in [2.45, 2.75) is 25.5 Å². The Balaban J connectivity index is 1.12. The van der Waals surface area contributed by atoms with Gasteiger partial charge in [0.1, 0.15) is 12.4 Å². The molecule has 2 aromatic carbocycles. The summed E-state index contributed by atoms with van der Waals surface area (Å²) in [5.74, 6) is 1.82. The Labute approximate surface area is 203 Å². The van der Waals surface area contributed by atoms with Crippen LogP contribution >= 0.6 is 11.6 Å². The Kier molecular flexibility index (Phi) is 7.08. The van der Waals surface area contributed by atoms with Gasteiger partial charge in [0.25, 0.3) is 5.91 Å². The minimum Gasteiger partial charge on any atom is -0.491 e. The number of carbonyl (C=O) groups excluding carboxylic acids is 1. The minimum absolute atomic E-state index is 0.0185. The lowest BCUT2D eigenvalue weighted by atomic mass is 10.1. The van der Waals surface area contributed by atoms with E-state index >= 15 is 0 Å². The summed E-state index contributed by atoms with van der Waals surface area (Å²) >= 11 is 5.94. The van der Waals surface area contributed by atoms with Gasteiger partial charge >= 0.3 is 0 Å². The van der Waals surface area contributed by atoms with E-state index < -0.39 is 0 Å². The molecule has 0 spiro atoms. The van der Waals surface area contributed by atoms with Crippen molar-refractivity contribution in [3.8, 4) is 17.1 Å². The normalized spacial score (nSPS) is 18.9. The van der Waals surface area contributed by atoms with Crippen LogP contribution in [0.15, 0.2) is 53.1 Å². The van der Waals surface area contributed by atoms with Gasteiger partial charge in [-0.2, -0.15) is 4.98 Å². The van der Waals surface area contributed by atoms with E-state index in [-0.39, 0.29) is 12.0 Å². The molecule has 3 aromatic rings. The summed E-state index contributed by atoms with van der Waals surface area (Å²) in [6.45, 7) is 4.62. The largest absolute Gasteiger partial charge is 0.491 e. The highest BCUT2D eigenvalue weighted by atomic mass is 35.5. The molecular weight excluding hydrogens is 456 g/mol. The molecule has 1 atom stereocenters. The fraction of sp³-hybridized carbons (Fsp3) is 0.400. The standard InChI is InChI=1S/C25H27ClN4O4/c26-20-8-6-18(7-9-20)24-27-23(34-28-24)16-29-10-12-30(13-11-29)25(31)19-3-1-4-21(15-19)33-17-22-5-2-14-32-22/h1,3-4,6-9,15,22H,2,5,10-14,16-17H2. The molecule has 2 aliphatic heterocycles. The third-order valence-corrected chi connectivity index (χ3v) is 6.38.